The van der Waals surface area contributed by atoms with Crippen molar-refractivity contribution >= 4 is 39.8 Å². The SMILES string of the molecule is CC([Si]Cl)c1ccccc1C(C)[Si]Cl. The van der Waals surface area contributed by atoms with E-state index in [1.165, 1.54) is 11.1 Å². The van der Waals surface area contributed by atoms with E-state index < -0.39 is 0 Å². The first-order chi connectivity index (χ1) is 6.70. The van der Waals surface area contributed by atoms with Crippen molar-refractivity contribution in [3.05, 3.63) is 35.4 Å². The van der Waals surface area contributed by atoms with Gasteiger partial charge in [0, 0.05) is 0 Å². The zero-order chi connectivity index (χ0) is 10.6. The molecule has 0 aliphatic rings. The van der Waals surface area contributed by atoms with Crippen molar-refractivity contribution in [2.24, 2.45) is 0 Å². The van der Waals surface area contributed by atoms with Gasteiger partial charge in [0.05, 0.1) is 0 Å². The summed E-state index contributed by atoms with van der Waals surface area (Å²) >= 11 is 11.8. The summed E-state index contributed by atoms with van der Waals surface area (Å²) in [5.41, 5.74) is 3.56. The van der Waals surface area contributed by atoms with E-state index >= 15 is 0 Å². The Morgan fingerprint density at radius 1 is 0.929 bits per heavy atom. The largest absolute Gasteiger partial charge is 0.179 e. The number of benzene rings is 1. The third kappa shape index (κ3) is 2.86. The van der Waals surface area contributed by atoms with E-state index in [1.807, 2.05) is 0 Å². The Hall–Kier alpha value is 0.234. The fourth-order valence-electron chi connectivity index (χ4n) is 1.42. The quantitative estimate of drug-likeness (QED) is 0.573. The molecule has 1 aromatic carbocycles. The molecule has 0 bridgehead atoms. The molecular formula is C10H12Cl2Si2. The van der Waals surface area contributed by atoms with E-state index in [4.69, 9.17) is 22.2 Å². The molecule has 0 aliphatic carbocycles. The molecule has 0 nitrogen and oxygen atoms in total. The predicted octanol–water partition coefficient (Wildman–Crippen LogP) is 3.52. The second-order valence-corrected chi connectivity index (χ2v) is 6.77. The molecule has 1 rings (SSSR count). The van der Waals surface area contributed by atoms with Crippen molar-refractivity contribution in [1.29, 1.82) is 0 Å². The predicted molar refractivity (Wildman–Crippen MR) is 66.5 cm³/mol. The third-order valence-corrected chi connectivity index (χ3v) is 5.50. The van der Waals surface area contributed by atoms with Crippen molar-refractivity contribution < 1.29 is 0 Å². The summed E-state index contributed by atoms with van der Waals surface area (Å²) in [5, 5.41) is 0. The molecule has 0 spiro atoms. The number of rotatable bonds is 4. The molecule has 4 radical (unpaired) electrons. The molecule has 1 aromatic rings. The Kier molecular flexibility index (Phi) is 5.24. The fraction of sp³-hybridized carbons (Fsp3) is 0.400. The Balaban J connectivity index is 3.02. The minimum atomic E-state index is 0.432. The lowest BCUT2D eigenvalue weighted by atomic mass is 10.0. The molecule has 74 valence electrons. The van der Waals surface area contributed by atoms with Crippen LogP contribution in [0.2, 0.25) is 0 Å². The summed E-state index contributed by atoms with van der Waals surface area (Å²) in [4.78, 5) is 0. The van der Waals surface area contributed by atoms with E-state index in [9.17, 15) is 0 Å². The molecule has 0 aromatic heterocycles. The second kappa shape index (κ2) is 5.96. The Morgan fingerprint density at radius 2 is 1.29 bits per heavy atom. The van der Waals surface area contributed by atoms with Crippen molar-refractivity contribution in [2.45, 2.75) is 24.9 Å². The first-order valence-corrected chi connectivity index (χ1v) is 8.69. The summed E-state index contributed by atoms with van der Waals surface area (Å²) in [7, 11) is 0.863. The minimum Gasteiger partial charge on any atom is -0.171 e. The van der Waals surface area contributed by atoms with Gasteiger partial charge in [-0.3, -0.25) is 0 Å². The zero-order valence-corrected chi connectivity index (χ0v) is 11.7. The summed E-state index contributed by atoms with van der Waals surface area (Å²) in [6.07, 6.45) is 0. The van der Waals surface area contributed by atoms with Crippen LogP contribution in [0.5, 0.6) is 0 Å². The number of halogens is 2. The van der Waals surface area contributed by atoms with Gasteiger partial charge in [0.25, 0.3) is 0 Å². The minimum absolute atomic E-state index is 0.432. The first kappa shape index (κ1) is 12.3. The molecule has 2 atom stereocenters. The van der Waals surface area contributed by atoms with Crippen LogP contribution in [0.15, 0.2) is 24.3 Å². The standard InChI is InChI=1S/C10H12Cl2Si2/c1-7(13-11)9-5-3-4-6-10(9)8(2)14-12/h3-8H,1-2H3. The maximum absolute atomic E-state index is 5.90. The number of hydrogen-bond acceptors (Lipinski definition) is 0. The van der Waals surface area contributed by atoms with Gasteiger partial charge in [0.15, 0.2) is 17.7 Å². The van der Waals surface area contributed by atoms with Crippen LogP contribution in [0, 0.1) is 0 Å². The van der Waals surface area contributed by atoms with Crippen LogP contribution in [-0.2, 0) is 0 Å². The van der Waals surface area contributed by atoms with E-state index in [2.05, 4.69) is 38.1 Å². The van der Waals surface area contributed by atoms with Crippen LogP contribution in [0.25, 0.3) is 0 Å². The topological polar surface area (TPSA) is 0 Å². The Bertz CT molecular complexity index is 262. The van der Waals surface area contributed by atoms with Gasteiger partial charge in [-0.1, -0.05) is 38.1 Å². The molecule has 0 fully saturated rings. The van der Waals surface area contributed by atoms with Crippen molar-refractivity contribution in [1.82, 2.24) is 0 Å². The maximum atomic E-state index is 5.90. The second-order valence-electron chi connectivity index (χ2n) is 3.29. The highest BCUT2D eigenvalue weighted by atomic mass is 35.6. The molecule has 14 heavy (non-hydrogen) atoms. The highest BCUT2D eigenvalue weighted by Gasteiger charge is 2.14. The molecule has 0 amide bonds. The lowest BCUT2D eigenvalue weighted by Gasteiger charge is -2.16. The van der Waals surface area contributed by atoms with Gasteiger partial charge in [0.2, 0.25) is 0 Å². The van der Waals surface area contributed by atoms with E-state index in [0.717, 1.165) is 0 Å². The summed E-state index contributed by atoms with van der Waals surface area (Å²) in [6.45, 7) is 4.32. The van der Waals surface area contributed by atoms with Crippen LogP contribution >= 0.6 is 22.2 Å². The van der Waals surface area contributed by atoms with Crippen molar-refractivity contribution in [2.75, 3.05) is 0 Å². The molecular weight excluding hydrogens is 247 g/mol. The van der Waals surface area contributed by atoms with Crippen LogP contribution in [0.4, 0.5) is 0 Å². The van der Waals surface area contributed by atoms with Crippen molar-refractivity contribution in [3.8, 4) is 0 Å². The zero-order valence-electron chi connectivity index (χ0n) is 8.22. The van der Waals surface area contributed by atoms with E-state index in [1.54, 1.807) is 0 Å². The Labute approximate surface area is 100 Å². The molecule has 2 unspecified atom stereocenters. The van der Waals surface area contributed by atoms with Gasteiger partial charge in [0.1, 0.15) is 0 Å². The van der Waals surface area contributed by atoms with Crippen molar-refractivity contribution in [3.63, 3.8) is 0 Å². The summed E-state index contributed by atoms with van der Waals surface area (Å²) < 4.78 is 0. The van der Waals surface area contributed by atoms with Crippen LogP contribution in [0.3, 0.4) is 0 Å². The highest BCUT2D eigenvalue weighted by molar-refractivity contribution is 6.95. The average molecular weight is 259 g/mol. The maximum Gasteiger partial charge on any atom is 0.179 e. The van der Waals surface area contributed by atoms with Gasteiger partial charge in [-0.05, 0) is 22.2 Å². The van der Waals surface area contributed by atoms with Crippen LogP contribution in [0.1, 0.15) is 36.1 Å². The molecule has 0 saturated heterocycles. The molecule has 0 heterocycles. The van der Waals surface area contributed by atoms with Crippen LogP contribution < -0.4 is 0 Å². The normalized spacial score (nSPS) is 15.1. The molecule has 4 heteroatoms. The Morgan fingerprint density at radius 3 is 1.57 bits per heavy atom. The first-order valence-electron chi connectivity index (χ1n) is 4.51. The molecule has 0 aliphatic heterocycles. The fourth-order valence-corrected chi connectivity index (χ4v) is 2.88. The van der Waals surface area contributed by atoms with Gasteiger partial charge >= 0.3 is 0 Å². The third-order valence-electron chi connectivity index (χ3n) is 2.26. The van der Waals surface area contributed by atoms with Gasteiger partial charge < -0.3 is 0 Å². The lowest BCUT2D eigenvalue weighted by Crippen LogP contribution is -2.07. The summed E-state index contributed by atoms with van der Waals surface area (Å²) in [6, 6.07) is 8.44. The van der Waals surface area contributed by atoms with E-state index in [-0.39, 0.29) is 0 Å². The smallest absolute Gasteiger partial charge is 0.171 e. The average Bonchev–Trinajstić information content (AvgIpc) is 2.27. The number of hydrogen-bond donors (Lipinski definition) is 0. The lowest BCUT2D eigenvalue weighted by molar-refractivity contribution is 0.979. The molecule has 0 saturated carbocycles. The monoisotopic (exact) mass is 258 g/mol. The van der Waals surface area contributed by atoms with Crippen LogP contribution in [-0.4, -0.2) is 17.7 Å². The summed E-state index contributed by atoms with van der Waals surface area (Å²) in [5.74, 6) is 0. The van der Waals surface area contributed by atoms with Gasteiger partial charge in [-0.25, -0.2) is 0 Å². The van der Waals surface area contributed by atoms with Gasteiger partial charge in [-0.15, -0.1) is 0 Å². The van der Waals surface area contributed by atoms with E-state index in [0.29, 0.717) is 28.7 Å². The van der Waals surface area contributed by atoms with Gasteiger partial charge in [-0.2, -0.15) is 22.2 Å². The molecule has 0 N–H and O–H groups in total. The highest BCUT2D eigenvalue weighted by Crippen LogP contribution is 2.26.